The van der Waals surface area contributed by atoms with E-state index in [1.807, 2.05) is 6.07 Å². The van der Waals surface area contributed by atoms with Crippen molar-refractivity contribution < 1.29 is 23.5 Å². The number of aliphatic hydroxyl groups excluding tert-OH is 1. The van der Waals surface area contributed by atoms with Crippen LogP contribution in [0.5, 0.6) is 0 Å². The highest BCUT2D eigenvalue weighted by Gasteiger charge is 2.22. The molecule has 0 aromatic carbocycles. The second-order valence-corrected chi connectivity index (χ2v) is 7.32. The van der Waals surface area contributed by atoms with E-state index >= 15 is 0 Å². The Labute approximate surface area is 176 Å². The summed E-state index contributed by atoms with van der Waals surface area (Å²) in [7, 11) is 1.70. The molecule has 9 heteroatoms. The molecule has 3 heterocycles. The maximum Gasteiger partial charge on any atom is 0.275 e. The minimum Gasteiger partial charge on any atom is -0.467 e. The van der Waals surface area contributed by atoms with Crippen LogP contribution in [0.15, 0.2) is 33.5 Å². The molecule has 1 fully saturated rings. The number of aliphatic hydroxyl groups is 1. The molecule has 1 saturated heterocycles. The predicted octanol–water partition coefficient (Wildman–Crippen LogP) is 0.668. The third-order valence-corrected chi connectivity index (χ3v) is 4.88. The topological polar surface area (TPSA) is 95.4 Å². The highest BCUT2D eigenvalue weighted by Crippen LogP contribution is 2.12. The van der Waals surface area contributed by atoms with Crippen LogP contribution in [0.2, 0.25) is 0 Å². The van der Waals surface area contributed by atoms with Crippen LogP contribution in [-0.4, -0.2) is 89.8 Å². The molecule has 1 amide bonds. The van der Waals surface area contributed by atoms with Gasteiger partial charge in [-0.2, -0.15) is 0 Å². The molecule has 3 rings (SSSR count). The van der Waals surface area contributed by atoms with Gasteiger partial charge in [-0.05, 0) is 12.1 Å². The van der Waals surface area contributed by atoms with Gasteiger partial charge in [-0.25, -0.2) is 4.98 Å². The number of nitrogens with zero attached hydrogens (tertiary/aromatic N) is 4. The summed E-state index contributed by atoms with van der Waals surface area (Å²) in [4.78, 5) is 22.8. The lowest BCUT2D eigenvalue weighted by molar-refractivity contribution is 0.0146. The number of oxazole rings is 1. The Balaban J connectivity index is 1.41. The summed E-state index contributed by atoms with van der Waals surface area (Å²) in [5.41, 5.74) is 0.285. The quantitative estimate of drug-likeness (QED) is 0.446. The first-order valence-corrected chi connectivity index (χ1v) is 9.91. The Kier molecular flexibility index (Phi) is 8.04. The number of rotatable bonds is 10. The summed E-state index contributed by atoms with van der Waals surface area (Å²) in [5.74, 6) is 3.39. The number of carbonyl (C=O) groups is 1. The van der Waals surface area contributed by atoms with Crippen LogP contribution in [-0.2, 0) is 17.8 Å². The first kappa shape index (κ1) is 22.1. The second-order valence-electron chi connectivity index (χ2n) is 7.32. The van der Waals surface area contributed by atoms with Crippen molar-refractivity contribution in [3.8, 4) is 12.3 Å². The van der Waals surface area contributed by atoms with E-state index in [0.717, 1.165) is 26.2 Å². The summed E-state index contributed by atoms with van der Waals surface area (Å²) < 4.78 is 16.0. The van der Waals surface area contributed by atoms with Gasteiger partial charge in [0.05, 0.1) is 32.1 Å². The zero-order valence-electron chi connectivity index (χ0n) is 17.2. The van der Waals surface area contributed by atoms with Gasteiger partial charge in [0.2, 0.25) is 5.89 Å². The number of hydrogen-bond acceptors (Lipinski definition) is 8. The smallest absolute Gasteiger partial charge is 0.275 e. The molecular formula is C21H28N4O5. The summed E-state index contributed by atoms with van der Waals surface area (Å²) in [5, 5.41) is 9.99. The summed E-state index contributed by atoms with van der Waals surface area (Å²) in [6, 6.07) is 3.61. The molecule has 0 bridgehead atoms. The molecule has 1 atom stereocenters. The molecule has 0 spiro atoms. The van der Waals surface area contributed by atoms with Gasteiger partial charge in [0, 0.05) is 39.8 Å². The minimum absolute atomic E-state index is 0.212. The van der Waals surface area contributed by atoms with E-state index in [4.69, 9.17) is 20.0 Å². The number of carbonyl (C=O) groups excluding carboxylic acids is 1. The van der Waals surface area contributed by atoms with Crippen LogP contribution >= 0.6 is 0 Å². The van der Waals surface area contributed by atoms with Gasteiger partial charge in [-0.1, -0.05) is 5.92 Å². The lowest BCUT2D eigenvalue weighted by atomic mass is 10.2. The molecule has 1 aliphatic rings. The monoisotopic (exact) mass is 416 g/mol. The number of β-amino-alcohol motifs (C(OH)–C–C–N with tert-alkyl or cyclic N) is 1. The summed E-state index contributed by atoms with van der Waals surface area (Å²) >= 11 is 0. The van der Waals surface area contributed by atoms with Crippen LogP contribution < -0.4 is 0 Å². The molecule has 1 aliphatic heterocycles. The molecule has 0 radical (unpaired) electrons. The lowest BCUT2D eigenvalue weighted by Crippen LogP contribution is -2.48. The van der Waals surface area contributed by atoms with Crippen molar-refractivity contribution in [1.82, 2.24) is 19.7 Å². The van der Waals surface area contributed by atoms with Gasteiger partial charge < -0.3 is 23.6 Å². The number of terminal acetylenes is 1. The molecule has 30 heavy (non-hydrogen) atoms. The molecule has 162 valence electrons. The first-order valence-electron chi connectivity index (χ1n) is 9.91. The molecule has 0 aliphatic carbocycles. The van der Waals surface area contributed by atoms with Crippen LogP contribution in [0.3, 0.4) is 0 Å². The summed E-state index contributed by atoms with van der Waals surface area (Å²) in [6.07, 6.45) is 7.56. The van der Waals surface area contributed by atoms with Gasteiger partial charge in [0.1, 0.15) is 18.6 Å². The van der Waals surface area contributed by atoms with E-state index in [-0.39, 0.29) is 24.8 Å². The lowest BCUT2D eigenvalue weighted by Gasteiger charge is -2.34. The van der Waals surface area contributed by atoms with Crippen LogP contribution in [0.4, 0.5) is 0 Å². The van der Waals surface area contributed by atoms with Crippen molar-refractivity contribution in [2.24, 2.45) is 0 Å². The normalized spacial score (nSPS) is 16.3. The fourth-order valence-corrected chi connectivity index (χ4v) is 3.31. The highest BCUT2D eigenvalue weighted by atomic mass is 16.5. The van der Waals surface area contributed by atoms with Gasteiger partial charge in [0.15, 0.2) is 5.69 Å². The number of ether oxygens (including phenoxy) is 1. The third kappa shape index (κ3) is 6.43. The van der Waals surface area contributed by atoms with Crippen molar-refractivity contribution in [3.63, 3.8) is 0 Å². The van der Waals surface area contributed by atoms with E-state index in [9.17, 15) is 9.90 Å². The Bertz CT molecular complexity index is 821. The highest BCUT2D eigenvalue weighted by molar-refractivity contribution is 5.91. The number of piperazine rings is 1. The zero-order valence-corrected chi connectivity index (χ0v) is 17.2. The van der Waals surface area contributed by atoms with Gasteiger partial charge >= 0.3 is 0 Å². The number of hydrogen-bond donors (Lipinski definition) is 1. The molecule has 1 unspecified atom stereocenters. The molecule has 9 nitrogen and oxygen atoms in total. The van der Waals surface area contributed by atoms with Crippen molar-refractivity contribution in [1.29, 1.82) is 0 Å². The van der Waals surface area contributed by atoms with E-state index in [1.165, 1.54) is 11.2 Å². The maximum absolute atomic E-state index is 12.5. The molecule has 2 aromatic heterocycles. The Morgan fingerprint density at radius 2 is 2.13 bits per heavy atom. The van der Waals surface area contributed by atoms with Crippen molar-refractivity contribution >= 4 is 5.91 Å². The fourth-order valence-electron chi connectivity index (χ4n) is 3.31. The SMILES string of the molecule is C#CCOCC(O)CN1CCN(Cc2nc(C(=O)N(C)Cc3ccco3)co2)CC1. The second kappa shape index (κ2) is 10.9. The standard InChI is InChI=1S/C21H28N4O5/c1-3-10-28-15-17(26)12-24-6-8-25(9-7-24)14-20-22-19(16-30-20)21(27)23(2)13-18-5-4-11-29-18/h1,4-5,11,16-17,26H,6-10,12-15H2,2H3. The fraction of sp³-hybridized carbons (Fsp3) is 0.524. The third-order valence-electron chi connectivity index (χ3n) is 4.88. The minimum atomic E-state index is -0.552. The van der Waals surface area contributed by atoms with E-state index in [2.05, 4.69) is 20.7 Å². The van der Waals surface area contributed by atoms with Gasteiger partial charge in [0.25, 0.3) is 5.91 Å². The zero-order chi connectivity index (χ0) is 21.3. The largest absolute Gasteiger partial charge is 0.467 e. The number of furan rings is 1. The van der Waals surface area contributed by atoms with Crippen molar-refractivity contribution in [3.05, 3.63) is 42.0 Å². The molecule has 2 aromatic rings. The van der Waals surface area contributed by atoms with E-state index in [1.54, 1.807) is 19.4 Å². The van der Waals surface area contributed by atoms with Crippen molar-refractivity contribution in [2.75, 3.05) is 53.0 Å². The van der Waals surface area contributed by atoms with Crippen LogP contribution in [0.1, 0.15) is 22.1 Å². The van der Waals surface area contributed by atoms with E-state index < -0.39 is 6.10 Å². The maximum atomic E-state index is 12.5. The number of aromatic nitrogens is 1. The molecule has 1 N–H and O–H groups in total. The van der Waals surface area contributed by atoms with Crippen LogP contribution in [0, 0.1) is 12.3 Å². The van der Waals surface area contributed by atoms with Gasteiger partial charge in [-0.15, -0.1) is 6.42 Å². The van der Waals surface area contributed by atoms with Crippen LogP contribution in [0.25, 0.3) is 0 Å². The van der Waals surface area contributed by atoms with Crippen molar-refractivity contribution in [2.45, 2.75) is 19.2 Å². The van der Waals surface area contributed by atoms with E-state index in [0.29, 0.717) is 31.3 Å². The first-order chi connectivity index (χ1) is 14.5. The Morgan fingerprint density at radius 3 is 2.83 bits per heavy atom. The Morgan fingerprint density at radius 1 is 1.37 bits per heavy atom. The molecular weight excluding hydrogens is 388 g/mol. The average molecular weight is 416 g/mol. The number of amides is 1. The Hall–Kier alpha value is -2.64. The predicted molar refractivity (Wildman–Crippen MR) is 108 cm³/mol. The summed E-state index contributed by atoms with van der Waals surface area (Å²) in [6.45, 7) is 5.21. The average Bonchev–Trinajstić information content (AvgIpc) is 3.41. The van der Waals surface area contributed by atoms with Gasteiger partial charge in [-0.3, -0.25) is 14.6 Å². The molecule has 0 saturated carbocycles.